The van der Waals surface area contributed by atoms with Gasteiger partial charge in [0.2, 0.25) is 0 Å². The van der Waals surface area contributed by atoms with E-state index in [2.05, 4.69) is 4.98 Å². The molecule has 8 heteroatoms. The lowest BCUT2D eigenvalue weighted by molar-refractivity contribution is -0.156. The number of amides is 1. The summed E-state index contributed by atoms with van der Waals surface area (Å²) < 4.78 is 24.5. The molecule has 1 aliphatic rings. The van der Waals surface area contributed by atoms with E-state index in [4.69, 9.17) is 21.1 Å². The topological polar surface area (TPSA) is 68.7 Å². The molecular formula is C26H24ClFN2O4. The Labute approximate surface area is 202 Å². The Morgan fingerprint density at radius 2 is 1.82 bits per heavy atom. The Morgan fingerprint density at radius 3 is 2.47 bits per heavy atom. The second-order valence-corrected chi connectivity index (χ2v) is 8.60. The van der Waals surface area contributed by atoms with Gasteiger partial charge in [-0.1, -0.05) is 11.6 Å². The summed E-state index contributed by atoms with van der Waals surface area (Å²) in [7, 11) is 0. The Hall–Kier alpha value is -3.45. The molecule has 1 fully saturated rings. The van der Waals surface area contributed by atoms with Crippen molar-refractivity contribution in [1.82, 2.24) is 9.88 Å². The van der Waals surface area contributed by atoms with Crippen LogP contribution in [-0.4, -0.2) is 48.1 Å². The van der Waals surface area contributed by atoms with E-state index in [0.717, 1.165) is 11.3 Å². The highest BCUT2D eigenvalue weighted by atomic mass is 35.5. The number of rotatable bonds is 7. The molecular weight excluding hydrogens is 459 g/mol. The van der Waals surface area contributed by atoms with Gasteiger partial charge in [-0.25, -0.2) is 4.39 Å². The fraction of sp³-hybridized carbons (Fsp3) is 0.269. The van der Waals surface area contributed by atoms with Crippen molar-refractivity contribution in [3.05, 3.63) is 83.3 Å². The van der Waals surface area contributed by atoms with Crippen LogP contribution in [0.3, 0.4) is 0 Å². The summed E-state index contributed by atoms with van der Waals surface area (Å²) in [6, 6.07) is 16.3. The normalized spacial score (nSPS) is 17.4. The van der Waals surface area contributed by atoms with Crippen LogP contribution >= 0.6 is 11.6 Å². The fourth-order valence-corrected chi connectivity index (χ4v) is 4.05. The molecule has 0 bridgehead atoms. The fourth-order valence-electron chi connectivity index (χ4n) is 3.94. The first-order valence-electron chi connectivity index (χ1n) is 11.0. The molecule has 0 saturated carbocycles. The van der Waals surface area contributed by atoms with Crippen molar-refractivity contribution in [3.63, 3.8) is 0 Å². The van der Waals surface area contributed by atoms with Gasteiger partial charge in [-0.15, -0.1) is 0 Å². The number of hydrogen-bond donors (Lipinski definition) is 0. The molecule has 0 radical (unpaired) electrons. The average Bonchev–Trinajstić information content (AvgIpc) is 3.30. The smallest absolute Gasteiger partial charge is 0.317 e. The van der Waals surface area contributed by atoms with Gasteiger partial charge in [0, 0.05) is 30.4 Å². The van der Waals surface area contributed by atoms with Crippen LogP contribution in [0, 0.1) is 11.2 Å². The molecule has 176 valence electrons. The molecule has 0 N–H and O–H groups in total. The number of esters is 1. The maximum absolute atomic E-state index is 13.2. The van der Waals surface area contributed by atoms with E-state index in [1.54, 1.807) is 36.2 Å². The third-order valence-electron chi connectivity index (χ3n) is 5.83. The van der Waals surface area contributed by atoms with Crippen LogP contribution in [0.25, 0.3) is 11.3 Å². The SMILES string of the molecule is CCOC(=O)C1(COc2ccc(-c3ccc(Cl)cn3)cc2)CCN(C(=O)c2ccc(F)cc2)C1. The molecule has 3 aromatic rings. The van der Waals surface area contributed by atoms with Gasteiger partial charge in [0.15, 0.2) is 0 Å². The van der Waals surface area contributed by atoms with Crippen molar-refractivity contribution in [2.75, 3.05) is 26.3 Å². The highest BCUT2D eigenvalue weighted by molar-refractivity contribution is 6.30. The lowest BCUT2D eigenvalue weighted by atomic mass is 9.88. The van der Waals surface area contributed by atoms with Crippen molar-refractivity contribution in [1.29, 1.82) is 0 Å². The predicted octanol–water partition coefficient (Wildman–Crippen LogP) is 5.02. The number of benzene rings is 2. The van der Waals surface area contributed by atoms with Gasteiger partial charge in [-0.3, -0.25) is 14.6 Å². The summed E-state index contributed by atoms with van der Waals surface area (Å²) in [5.74, 6) is -0.479. The van der Waals surface area contributed by atoms with Gasteiger partial charge in [0.25, 0.3) is 5.91 Å². The maximum atomic E-state index is 13.2. The number of hydrogen-bond acceptors (Lipinski definition) is 5. The number of likely N-dealkylation sites (tertiary alicyclic amines) is 1. The van der Waals surface area contributed by atoms with Crippen molar-refractivity contribution in [3.8, 4) is 17.0 Å². The van der Waals surface area contributed by atoms with Crippen LogP contribution in [0.2, 0.25) is 5.02 Å². The lowest BCUT2D eigenvalue weighted by Crippen LogP contribution is -2.42. The summed E-state index contributed by atoms with van der Waals surface area (Å²) in [5, 5.41) is 0.566. The van der Waals surface area contributed by atoms with Crippen molar-refractivity contribution >= 4 is 23.5 Å². The van der Waals surface area contributed by atoms with Crippen LogP contribution < -0.4 is 4.74 Å². The molecule has 4 rings (SSSR count). The summed E-state index contributed by atoms with van der Waals surface area (Å²) in [6.07, 6.45) is 2.00. The molecule has 1 atom stereocenters. The minimum atomic E-state index is -0.984. The van der Waals surface area contributed by atoms with Crippen LogP contribution in [0.5, 0.6) is 5.75 Å². The van der Waals surface area contributed by atoms with E-state index in [9.17, 15) is 14.0 Å². The third-order valence-corrected chi connectivity index (χ3v) is 6.06. The van der Waals surface area contributed by atoms with Gasteiger partial charge in [-0.05, 0) is 74.0 Å². The first kappa shape index (κ1) is 23.7. The Morgan fingerprint density at radius 1 is 1.09 bits per heavy atom. The zero-order valence-corrected chi connectivity index (χ0v) is 19.4. The molecule has 34 heavy (non-hydrogen) atoms. The van der Waals surface area contributed by atoms with E-state index in [1.807, 2.05) is 18.2 Å². The van der Waals surface area contributed by atoms with Gasteiger partial charge < -0.3 is 14.4 Å². The first-order chi connectivity index (χ1) is 16.4. The monoisotopic (exact) mass is 482 g/mol. The van der Waals surface area contributed by atoms with Gasteiger partial charge in [-0.2, -0.15) is 0 Å². The predicted molar refractivity (Wildman–Crippen MR) is 126 cm³/mol. The molecule has 1 aliphatic heterocycles. The molecule has 1 unspecified atom stereocenters. The van der Waals surface area contributed by atoms with Crippen LogP contribution in [0.4, 0.5) is 4.39 Å². The van der Waals surface area contributed by atoms with Crippen LogP contribution in [0.15, 0.2) is 66.9 Å². The zero-order chi connectivity index (χ0) is 24.1. The minimum absolute atomic E-state index is 0.0670. The second kappa shape index (κ2) is 10.2. The second-order valence-electron chi connectivity index (χ2n) is 8.16. The third kappa shape index (κ3) is 5.20. The highest BCUT2D eigenvalue weighted by Gasteiger charge is 2.48. The molecule has 1 amide bonds. The number of nitrogens with zero attached hydrogens (tertiary/aromatic N) is 2. The summed E-state index contributed by atoms with van der Waals surface area (Å²) >= 11 is 5.90. The summed E-state index contributed by atoms with van der Waals surface area (Å²) in [6.45, 7) is 2.58. The van der Waals surface area contributed by atoms with E-state index >= 15 is 0 Å². The van der Waals surface area contributed by atoms with Crippen molar-refractivity contribution in [2.45, 2.75) is 13.3 Å². The molecule has 1 aromatic heterocycles. The van der Waals surface area contributed by atoms with Crippen LogP contribution in [0.1, 0.15) is 23.7 Å². The molecule has 1 saturated heterocycles. The van der Waals surface area contributed by atoms with E-state index in [1.165, 1.54) is 24.3 Å². The average molecular weight is 483 g/mol. The number of aromatic nitrogens is 1. The van der Waals surface area contributed by atoms with Crippen molar-refractivity contribution in [2.24, 2.45) is 5.41 Å². The molecule has 2 aromatic carbocycles. The maximum Gasteiger partial charge on any atom is 0.317 e. The Kier molecular flexibility index (Phi) is 7.12. The number of ether oxygens (including phenoxy) is 2. The largest absolute Gasteiger partial charge is 0.492 e. The van der Waals surface area contributed by atoms with E-state index in [0.29, 0.717) is 29.3 Å². The molecule has 6 nitrogen and oxygen atoms in total. The number of carbonyl (C=O) groups is 2. The number of carbonyl (C=O) groups excluding carboxylic acids is 2. The molecule has 2 heterocycles. The van der Waals surface area contributed by atoms with E-state index in [-0.39, 0.29) is 25.7 Å². The van der Waals surface area contributed by atoms with Crippen molar-refractivity contribution < 1.29 is 23.5 Å². The molecule has 0 spiro atoms. The highest BCUT2D eigenvalue weighted by Crippen LogP contribution is 2.34. The number of pyridine rings is 1. The van der Waals surface area contributed by atoms with Crippen LogP contribution in [-0.2, 0) is 9.53 Å². The quantitative estimate of drug-likeness (QED) is 0.442. The lowest BCUT2D eigenvalue weighted by Gasteiger charge is -2.27. The number of halogens is 2. The van der Waals surface area contributed by atoms with Gasteiger partial charge in [0.05, 0.1) is 17.3 Å². The minimum Gasteiger partial charge on any atom is -0.492 e. The Bertz CT molecular complexity index is 1150. The van der Waals surface area contributed by atoms with Gasteiger partial charge in [0.1, 0.15) is 23.6 Å². The zero-order valence-electron chi connectivity index (χ0n) is 18.7. The molecule has 0 aliphatic carbocycles. The summed E-state index contributed by atoms with van der Waals surface area (Å²) in [4.78, 5) is 31.7. The Balaban J connectivity index is 1.46. The summed E-state index contributed by atoms with van der Waals surface area (Å²) in [5.41, 5.74) is 1.07. The van der Waals surface area contributed by atoms with Gasteiger partial charge >= 0.3 is 5.97 Å². The standard InChI is InChI=1S/C26H24ClFN2O4/c1-2-33-25(32)26(13-14-30(16-26)24(31)19-3-8-21(28)9-4-19)17-34-22-10-5-18(6-11-22)23-12-7-20(27)15-29-23/h3-12,15H,2,13-14,16-17H2,1H3. The first-order valence-corrected chi connectivity index (χ1v) is 11.3. The van der Waals surface area contributed by atoms with E-state index < -0.39 is 17.2 Å².